The predicted octanol–water partition coefficient (Wildman–Crippen LogP) is 2.14. The molecule has 0 saturated heterocycles. The van der Waals surface area contributed by atoms with Crippen molar-refractivity contribution in [2.45, 2.75) is 23.3 Å². The number of nitrogens with one attached hydrogen (secondary N) is 1. The molecule has 2 aromatic heterocycles. The zero-order valence-electron chi connectivity index (χ0n) is 12.1. The van der Waals surface area contributed by atoms with E-state index in [1.54, 1.807) is 0 Å². The Kier molecular flexibility index (Phi) is 5.89. The van der Waals surface area contributed by atoms with E-state index < -0.39 is 20.9 Å². The molecule has 0 aliphatic carbocycles. The normalized spacial score (nSPS) is 11.4. The highest BCUT2D eigenvalue weighted by Crippen LogP contribution is 2.25. The van der Waals surface area contributed by atoms with Crippen LogP contribution in [0.1, 0.15) is 24.3 Å². The fraction of sp³-hybridized carbons (Fsp3) is 0.364. The van der Waals surface area contributed by atoms with Gasteiger partial charge in [0.2, 0.25) is 20.1 Å². The van der Waals surface area contributed by atoms with Gasteiger partial charge in [-0.1, -0.05) is 48.5 Å². The molecule has 0 fully saturated rings. The molecule has 0 atom stereocenters. The first-order valence-corrected chi connectivity index (χ1v) is 10.2. The van der Waals surface area contributed by atoms with Gasteiger partial charge in [0.15, 0.2) is 10.0 Å². The molecular formula is C11H12ClN5O3S3. The number of carbonyl (C=O) groups excluding carboxylic acids is 1. The van der Waals surface area contributed by atoms with Crippen LogP contribution in [0.3, 0.4) is 0 Å². The van der Waals surface area contributed by atoms with Crippen LogP contribution >= 0.6 is 34.7 Å². The maximum absolute atomic E-state index is 12.2. The van der Waals surface area contributed by atoms with E-state index in [2.05, 4.69) is 25.5 Å². The van der Waals surface area contributed by atoms with Crippen molar-refractivity contribution in [2.24, 2.45) is 0 Å². The van der Waals surface area contributed by atoms with Gasteiger partial charge >= 0.3 is 0 Å². The molecule has 0 aromatic carbocycles. The van der Waals surface area contributed by atoms with Gasteiger partial charge in [-0.25, -0.2) is 18.4 Å². The molecule has 0 saturated carbocycles. The fourth-order valence-electron chi connectivity index (χ4n) is 1.39. The van der Waals surface area contributed by atoms with Crippen molar-refractivity contribution in [3.05, 3.63) is 16.9 Å². The Morgan fingerprint density at radius 3 is 2.78 bits per heavy atom. The SMILES string of the molecule is CCSc1nnc(NC(=O)c2nc(S(=O)(=O)CC)ncc2Cl)s1. The van der Waals surface area contributed by atoms with E-state index in [0.29, 0.717) is 4.34 Å². The molecule has 124 valence electrons. The molecule has 0 unspecified atom stereocenters. The van der Waals surface area contributed by atoms with Gasteiger partial charge in [0.1, 0.15) is 0 Å². The standard InChI is InChI=1S/C11H12ClN5O3S3/c1-3-21-11-17-16-9(22-11)15-8(18)7-6(12)5-13-10(14-7)23(19,20)4-2/h5H,3-4H2,1-2H3,(H,15,16,18). The maximum Gasteiger partial charge on any atom is 0.277 e. The molecule has 2 rings (SSSR count). The van der Waals surface area contributed by atoms with E-state index in [-0.39, 0.29) is 21.6 Å². The van der Waals surface area contributed by atoms with E-state index >= 15 is 0 Å². The van der Waals surface area contributed by atoms with Gasteiger partial charge in [-0.15, -0.1) is 10.2 Å². The molecule has 0 spiro atoms. The molecule has 0 radical (unpaired) electrons. The van der Waals surface area contributed by atoms with Crippen molar-refractivity contribution in [3.8, 4) is 0 Å². The first-order valence-electron chi connectivity index (χ1n) is 6.40. The molecule has 2 aromatic rings. The molecule has 0 bridgehead atoms. The van der Waals surface area contributed by atoms with Crippen LogP contribution in [0.2, 0.25) is 5.02 Å². The van der Waals surface area contributed by atoms with Crippen LogP contribution < -0.4 is 5.32 Å². The second kappa shape index (κ2) is 7.51. The largest absolute Gasteiger partial charge is 0.295 e. The third-order valence-electron chi connectivity index (χ3n) is 2.49. The van der Waals surface area contributed by atoms with Crippen molar-refractivity contribution < 1.29 is 13.2 Å². The highest BCUT2D eigenvalue weighted by Gasteiger charge is 2.21. The van der Waals surface area contributed by atoms with Crippen molar-refractivity contribution in [1.82, 2.24) is 20.2 Å². The lowest BCUT2D eigenvalue weighted by Gasteiger charge is -2.05. The van der Waals surface area contributed by atoms with E-state index in [9.17, 15) is 13.2 Å². The summed E-state index contributed by atoms with van der Waals surface area (Å²) in [5.41, 5.74) is -0.228. The van der Waals surface area contributed by atoms with Crippen LogP contribution in [-0.2, 0) is 9.84 Å². The highest BCUT2D eigenvalue weighted by atomic mass is 35.5. The maximum atomic E-state index is 12.2. The summed E-state index contributed by atoms with van der Waals surface area (Å²) < 4.78 is 24.3. The quantitative estimate of drug-likeness (QED) is 0.451. The Morgan fingerprint density at radius 2 is 2.13 bits per heavy atom. The van der Waals surface area contributed by atoms with Gasteiger partial charge in [-0.3, -0.25) is 10.1 Å². The Bertz CT molecular complexity index is 824. The first-order chi connectivity index (χ1) is 10.9. The first kappa shape index (κ1) is 18.0. The van der Waals surface area contributed by atoms with Crippen molar-refractivity contribution in [1.29, 1.82) is 0 Å². The second-order valence-electron chi connectivity index (χ2n) is 4.01. The number of thioether (sulfide) groups is 1. The van der Waals surface area contributed by atoms with Crippen LogP contribution in [0, 0.1) is 0 Å². The van der Waals surface area contributed by atoms with Crippen LogP contribution in [0.4, 0.5) is 5.13 Å². The fourth-order valence-corrected chi connectivity index (χ4v) is 3.91. The smallest absolute Gasteiger partial charge is 0.277 e. The Morgan fingerprint density at radius 1 is 1.39 bits per heavy atom. The van der Waals surface area contributed by atoms with Crippen molar-refractivity contribution >= 4 is 55.6 Å². The number of nitrogens with zero attached hydrogens (tertiary/aromatic N) is 4. The van der Waals surface area contributed by atoms with Gasteiger partial charge in [-0.05, 0) is 5.75 Å². The van der Waals surface area contributed by atoms with Crippen LogP contribution in [0.15, 0.2) is 15.7 Å². The second-order valence-corrected chi connectivity index (χ2v) is 9.08. The van der Waals surface area contributed by atoms with E-state index in [0.717, 1.165) is 11.9 Å². The molecule has 23 heavy (non-hydrogen) atoms. The number of rotatable bonds is 6. The zero-order chi connectivity index (χ0) is 17.0. The van der Waals surface area contributed by atoms with Crippen molar-refractivity contribution in [3.63, 3.8) is 0 Å². The summed E-state index contributed by atoms with van der Waals surface area (Å²) in [6.45, 7) is 3.43. The summed E-state index contributed by atoms with van der Waals surface area (Å²) in [5, 5.41) is 10.0. The molecular weight excluding hydrogens is 382 g/mol. The van der Waals surface area contributed by atoms with E-state index in [1.807, 2.05) is 6.92 Å². The Hall–Kier alpha value is -1.30. The molecule has 12 heteroatoms. The third kappa shape index (κ3) is 4.37. The van der Waals surface area contributed by atoms with E-state index in [1.165, 1.54) is 30.0 Å². The Balaban J connectivity index is 2.26. The number of anilines is 1. The van der Waals surface area contributed by atoms with Gasteiger partial charge in [0.05, 0.1) is 17.0 Å². The summed E-state index contributed by atoms with van der Waals surface area (Å²) >= 11 is 8.59. The molecule has 0 aliphatic rings. The van der Waals surface area contributed by atoms with Crippen LogP contribution in [-0.4, -0.2) is 46.0 Å². The molecule has 2 heterocycles. The molecule has 8 nitrogen and oxygen atoms in total. The summed E-state index contributed by atoms with van der Waals surface area (Å²) in [6, 6.07) is 0. The number of halogens is 1. The van der Waals surface area contributed by atoms with Crippen LogP contribution in [0.25, 0.3) is 0 Å². The van der Waals surface area contributed by atoms with Gasteiger partial charge in [0, 0.05) is 0 Å². The number of carbonyl (C=O) groups is 1. The molecule has 1 N–H and O–H groups in total. The number of aromatic nitrogens is 4. The predicted molar refractivity (Wildman–Crippen MR) is 89.0 cm³/mol. The number of hydrogen-bond donors (Lipinski definition) is 1. The lowest BCUT2D eigenvalue weighted by Crippen LogP contribution is -2.18. The van der Waals surface area contributed by atoms with Gasteiger partial charge in [0.25, 0.3) is 5.91 Å². The average Bonchev–Trinajstić information content (AvgIpc) is 2.95. The minimum Gasteiger partial charge on any atom is -0.295 e. The lowest BCUT2D eigenvalue weighted by atomic mass is 10.4. The average molecular weight is 394 g/mol. The summed E-state index contributed by atoms with van der Waals surface area (Å²) in [6.07, 6.45) is 1.09. The van der Waals surface area contributed by atoms with Crippen molar-refractivity contribution in [2.75, 3.05) is 16.8 Å². The minimum atomic E-state index is -3.64. The summed E-state index contributed by atoms with van der Waals surface area (Å²) in [7, 11) is -3.64. The number of amides is 1. The zero-order valence-corrected chi connectivity index (χ0v) is 15.3. The van der Waals surface area contributed by atoms with Gasteiger partial charge in [-0.2, -0.15) is 0 Å². The summed E-state index contributed by atoms with van der Waals surface area (Å²) in [5.74, 6) is -0.0171. The van der Waals surface area contributed by atoms with E-state index in [4.69, 9.17) is 11.6 Å². The highest BCUT2D eigenvalue weighted by molar-refractivity contribution is 8.01. The molecule has 0 aliphatic heterocycles. The monoisotopic (exact) mass is 393 g/mol. The van der Waals surface area contributed by atoms with Crippen LogP contribution in [0.5, 0.6) is 0 Å². The van der Waals surface area contributed by atoms with Gasteiger partial charge < -0.3 is 0 Å². The molecule has 1 amide bonds. The summed E-state index contributed by atoms with van der Waals surface area (Å²) in [4.78, 5) is 19.6. The Labute approximate surface area is 146 Å². The minimum absolute atomic E-state index is 0.0507. The lowest BCUT2D eigenvalue weighted by molar-refractivity contribution is 0.102. The number of sulfone groups is 1. The topological polar surface area (TPSA) is 115 Å². The number of hydrogen-bond acceptors (Lipinski definition) is 9. The third-order valence-corrected chi connectivity index (χ3v) is 6.13.